The summed E-state index contributed by atoms with van der Waals surface area (Å²) in [5.41, 5.74) is 1.29. The average Bonchev–Trinajstić information content (AvgIpc) is 1.94. The molecule has 0 heterocycles. The van der Waals surface area contributed by atoms with Crippen LogP contribution in [-0.4, -0.2) is 5.67 Å². The second kappa shape index (κ2) is 2.80. The van der Waals surface area contributed by atoms with E-state index in [1.807, 2.05) is 13.0 Å². The maximum Gasteiger partial charge on any atom is 0.130 e. The van der Waals surface area contributed by atoms with Crippen molar-refractivity contribution in [2.24, 2.45) is 0 Å². The van der Waals surface area contributed by atoms with Gasteiger partial charge in [0.2, 0.25) is 0 Å². The lowest BCUT2D eigenvalue weighted by molar-refractivity contribution is 0.257. The van der Waals surface area contributed by atoms with Crippen molar-refractivity contribution in [1.29, 1.82) is 0 Å². The smallest absolute Gasteiger partial charge is 0.130 e. The second-order valence-corrected chi connectivity index (χ2v) is 3.39. The molecule has 1 aliphatic carbocycles. The summed E-state index contributed by atoms with van der Waals surface area (Å²) in [6, 6.07) is 0. The van der Waals surface area contributed by atoms with Crippen molar-refractivity contribution in [2.45, 2.75) is 39.3 Å². The van der Waals surface area contributed by atoms with Crippen LogP contribution in [0, 0.1) is 0 Å². The Morgan fingerprint density at radius 1 is 1.64 bits per heavy atom. The Kier molecular flexibility index (Phi) is 2.17. The van der Waals surface area contributed by atoms with Crippen molar-refractivity contribution in [2.75, 3.05) is 0 Å². The summed E-state index contributed by atoms with van der Waals surface area (Å²) in [6.07, 6.45) is 5.20. The predicted molar refractivity (Wildman–Crippen MR) is 46.3 cm³/mol. The van der Waals surface area contributed by atoms with E-state index in [1.54, 1.807) is 13.0 Å². The molecule has 0 N–H and O–H groups in total. The van der Waals surface area contributed by atoms with Gasteiger partial charge in [-0.15, -0.1) is 0 Å². The van der Waals surface area contributed by atoms with E-state index in [4.69, 9.17) is 0 Å². The highest BCUT2D eigenvalue weighted by Crippen LogP contribution is 2.29. The lowest BCUT2D eigenvalue weighted by atomic mass is 9.89. The summed E-state index contributed by atoms with van der Waals surface area (Å²) < 4.78 is 13.4. The van der Waals surface area contributed by atoms with Crippen LogP contribution in [0.1, 0.15) is 33.6 Å². The summed E-state index contributed by atoms with van der Waals surface area (Å²) in [4.78, 5) is 0. The molecule has 1 heteroatoms. The lowest BCUT2D eigenvalue weighted by Gasteiger charge is -2.21. The number of alkyl halides is 1. The van der Waals surface area contributed by atoms with E-state index in [0.29, 0.717) is 6.42 Å². The molecule has 0 nitrogen and oxygen atoms in total. The lowest BCUT2D eigenvalue weighted by Crippen LogP contribution is -2.17. The third-order valence-corrected chi connectivity index (χ3v) is 2.17. The van der Waals surface area contributed by atoms with Gasteiger partial charge >= 0.3 is 0 Å². The fourth-order valence-electron chi connectivity index (χ4n) is 1.40. The number of rotatable bonds is 1. The third-order valence-electron chi connectivity index (χ3n) is 2.17. The van der Waals surface area contributed by atoms with E-state index in [2.05, 4.69) is 6.92 Å². The maximum absolute atomic E-state index is 13.4. The van der Waals surface area contributed by atoms with Crippen molar-refractivity contribution in [1.82, 2.24) is 0 Å². The Labute approximate surface area is 67.8 Å². The van der Waals surface area contributed by atoms with Gasteiger partial charge in [0, 0.05) is 6.42 Å². The summed E-state index contributed by atoms with van der Waals surface area (Å²) in [5.74, 6) is 0. The number of hydrogen-bond acceptors (Lipinski definition) is 0. The van der Waals surface area contributed by atoms with Gasteiger partial charge in [0.1, 0.15) is 5.67 Å². The van der Waals surface area contributed by atoms with Gasteiger partial charge in [0.25, 0.3) is 0 Å². The fraction of sp³-hybridized carbons (Fsp3) is 0.600. The molecule has 0 aliphatic heterocycles. The van der Waals surface area contributed by atoms with E-state index in [9.17, 15) is 4.39 Å². The highest BCUT2D eigenvalue weighted by Gasteiger charge is 2.22. The molecule has 1 rings (SSSR count). The fourth-order valence-corrected chi connectivity index (χ4v) is 1.40. The molecule has 1 aliphatic rings. The molecule has 0 aromatic carbocycles. The molecule has 0 unspecified atom stereocenters. The monoisotopic (exact) mass is 154 g/mol. The Morgan fingerprint density at radius 2 is 2.27 bits per heavy atom. The van der Waals surface area contributed by atoms with Gasteiger partial charge in [-0.3, -0.25) is 0 Å². The van der Waals surface area contributed by atoms with E-state index in [1.165, 1.54) is 5.57 Å². The van der Waals surface area contributed by atoms with Crippen LogP contribution in [0.25, 0.3) is 0 Å². The van der Waals surface area contributed by atoms with Gasteiger partial charge in [-0.2, -0.15) is 0 Å². The van der Waals surface area contributed by atoms with Crippen LogP contribution < -0.4 is 0 Å². The minimum absolute atomic E-state index is 0.530. The first kappa shape index (κ1) is 8.51. The highest BCUT2D eigenvalue weighted by atomic mass is 19.1. The summed E-state index contributed by atoms with van der Waals surface area (Å²) in [6.45, 7) is 5.74. The Bertz CT molecular complexity index is 209. The Balaban J connectivity index is 2.87. The first-order valence-electron chi connectivity index (χ1n) is 4.13. The minimum Gasteiger partial charge on any atom is -0.239 e. The molecular weight excluding hydrogens is 139 g/mol. The summed E-state index contributed by atoms with van der Waals surface area (Å²) in [7, 11) is 0. The van der Waals surface area contributed by atoms with Crippen molar-refractivity contribution < 1.29 is 4.39 Å². The molecule has 11 heavy (non-hydrogen) atoms. The van der Waals surface area contributed by atoms with Crippen LogP contribution in [0.15, 0.2) is 23.3 Å². The van der Waals surface area contributed by atoms with Gasteiger partial charge in [-0.1, -0.05) is 18.6 Å². The van der Waals surface area contributed by atoms with E-state index < -0.39 is 5.67 Å². The second-order valence-electron chi connectivity index (χ2n) is 3.39. The van der Waals surface area contributed by atoms with E-state index >= 15 is 0 Å². The van der Waals surface area contributed by atoms with Crippen LogP contribution >= 0.6 is 0 Å². The maximum atomic E-state index is 13.4. The van der Waals surface area contributed by atoms with Crippen molar-refractivity contribution >= 4 is 0 Å². The zero-order chi connectivity index (χ0) is 8.48. The number of allylic oxidation sites excluding steroid dienone is 4. The zero-order valence-corrected chi connectivity index (χ0v) is 7.45. The van der Waals surface area contributed by atoms with Gasteiger partial charge in [-0.25, -0.2) is 4.39 Å². The molecule has 0 spiro atoms. The molecule has 0 radical (unpaired) electrons. The summed E-state index contributed by atoms with van der Waals surface area (Å²) >= 11 is 0. The molecule has 62 valence electrons. The van der Waals surface area contributed by atoms with Crippen LogP contribution in [0.5, 0.6) is 0 Å². The SMILES string of the molecule is CCC1=C[C@](C)(F)CC=C1C. The van der Waals surface area contributed by atoms with E-state index in [-0.39, 0.29) is 0 Å². The predicted octanol–water partition coefficient (Wildman–Crippen LogP) is 3.40. The summed E-state index contributed by atoms with van der Waals surface area (Å²) in [5, 5.41) is 0. The van der Waals surface area contributed by atoms with Crippen molar-refractivity contribution in [3.63, 3.8) is 0 Å². The first-order valence-corrected chi connectivity index (χ1v) is 4.13. The molecular formula is C10H15F. The molecule has 0 aromatic rings. The average molecular weight is 154 g/mol. The molecule has 0 aromatic heterocycles. The molecule has 0 bridgehead atoms. The molecule has 0 fully saturated rings. The van der Waals surface area contributed by atoms with E-state index in [0.717, 1.165) is 12.0 Å². The number of halogens is 1. The third kappa shape index (κ3) is 1.92. The molecule has 0 amide bonds. The minimum atomic E-state index is -1.11. The standard InChI is InChI=1S/C10H15F/c1-4-9-7-10(3,11)6-5-8(9)2/h5,7H,4,6H2,1-3H3/t10-/m1/s1. The van der Waals surface area contributed by atoms with Gasteiger partial charge in [-0.05, 0) is 31.9 Å². The normalized spacial score (nSPS) is 31.3. The molecule has 0 saturated carbocycles. The quantitative estimate of drug-likeness (QED) is 0.543. The Morgan fingerprint density at radius 3 is 2.73 bits per heavy atom. The van der Waals surface area contributed by atoms with Gasteiger partial charge < -0.3 is 0 Å². The zero-order valence-electron chi connectivity index (χ0n) is 7.45. The largest absolute Gasteiger partial charge is 0.239 e. The topological polar surface area (TPSA) is 0 Å². The van der Waals surface area contributed by atoms with Crippen LogP contribution in [0.2, 0.25) is 0 Å². The Hall–Kier alpha value is -0.590. The highest BCUT2D eigenvalue weighted by molar-refractivity contribution is 5.35. The molecule has 1 atom stereocenters. The van der Waals surface area contributed by atoms with Gasteiger partial charge in [0.15, 0.2) is 0 Å². The molecule has 0 saturated heterocycles. The van der Waals surface area contributed by atoms with Crippen molar-refractivity contribution in [3.8, 4) is 0 Å². The van der Waals surface area contributed by atoms with Crippen LogP contribution in [0.4, 0.5) is 4.39 Å². The first-order chi connectivity index (χ1) is 5.05. The number of hydrogen-bond donors (Lipinski definition) is 0. The van der Waals surface area contributed by atoms with Crippen LogP contribution in [0.3, 0.4) is 0 Å². The van der Waals surface area contributed by atoms with Crippen molar-refractivity contribution in [3.05, 3.63) is 23.3 Å². The van der Waals surface area contributed by atoms with Crippen LogP contribution in [-0.2, 0) is 0 Å². The van der Waals surface area contributed by atoms with Gasteiger partial charge in [0.05, 0.1) is 0 Å².